The van der Waals surface area contributed by atoms with Crippen molar-refractivity contribution in [3.8, 4) is 0 Å². The van der Waals surface area contributed by atoms with Crippen LogP contribution in [0.3, 0.4) is 0 Å². The molecule has 21 heavy (non-hydrogen) atoms. The molecule has 0 radical (unpaired) electrons. The fourth-order valence-electron chi connectivity index (χ4n) is 2.72. The van der Waals surface area contributed by atoms with E-state index in [9.17, 15) is 0 Å². The maximum atomic E-state index is 3.58. The summed E-state index contributed by atoms with van der Waals surface area (Å²) in [7, 11) is 0. The molecular weight excluding hydrogens is 254 g/mol. The number of hydrogen-bond donors (Lipinski definition) is 1. The van der Waals surface area contributed by atoms with E-state index in [0.29, 0.717) is 5.92 Å². The van der Waals surface area contributed by atoms with Gasteiger partial charge in [0.25, 0.3) is 0 Å². The smallest absolute Gasteiger partial charge is 0.00233 e. The molecule has 1 nitrogen and oxygen atoms in total. The second-order valence-electron chi connectivity index (χ2n) is 6.00. The van der Waals surface area contributed by atoms with Crippen LogP contribution in [0.1, 0.15) is 41.5 Å². The fraction of sp³-hybridized carbons (Fsp3) is 0.400. The molecule has 0 bridgehead atoms. The molecule has 2 aromatic rings. The standard InChI is InChI=1S/C20H27N/c1-4-12-21-15-20(19-10-8-16(2)9-11-19)14-18-7-5-6-17(3)13-18/h5-11,13,20-21H,4,12,14-15H2,1-3H3. The van der Waals surface area contributed by atoms with Crippen LogP contribution in [0, 0.1) is 13.8 Å². The van der Waals surface area contributed by atoms with Crippen LogP contribution in [0.5, 0.6) is 0 Å². The van der Waals surface area contributed by atoms with E-state index >= 15 is 0 Å². The zero-order valence-corrected chi connectivity index (χ0v) is 13.5. The Kier molecular flexibility index (Phi) is 6.01. The minimum atomic E-state index is 0.541. The second kappa shape index (κ2) is 7.99. The average molecular weight is 281 g/mol. The van der Waals surface area contributed by atoms with Crippen LogP contribution in [0.4, 0.5) is 0 Å². The summed E-state index contributed by atoms with van der Waals surface area (Å²) < 4.78 is 0. The first-order valence-corrected chi connectivity index (χ1v) is 8.02. The largest absolute Gasteiger partial charge is 0.316 e. The number of hydrogen-bond acceptors (Lipinski definition) is 1. The normalized spacial score (nSPS) is 12.3. The van der Waals surface area contributed by atoms with Crippen LogP contribution in [-0.2, 0) is 6.42 Å². The highest BCUT2D eigenvalue weighted by molar-refractivity contribution is 5.29. The van der Waals surface area contributed by atoms with E-state index in [-0.39, 0.29) is 0 Å². The summed E-state index contributed by atoms with van der Waals surface area (Å²) in [6.07, 6.45) is 2.28. The highest BCUT2D eigenvalue weighted by Crippen LogP contribution is 2.21. The molecule has 0 saturated heterocycles. The molecule has 112 valence electrons. The highest BCUT2D eigenvalue weighted by atomic mass is 14.8. The van der Waals surface area contributed by atoms with E-state index in [4.69, 9.17) is 0 Å². The van der Waals surface area contributed by atoms with Gasteiger partial charge >= 0.3 is 0 Å². The second-order valence-corrected chi connectivity index (χ2v) is 6.00. The van der Waals surface area contributed by atoms with Gasteiger partial charge in [0.05, 0.1) is 0 Å². The number of benzene rings is 2. The summed E-state index contributed by atoms with van der Waals surface area (Å²) in [6.45, 7) is 8.67. The lowest BCUT2D eigenvalue weighted by Crippen LogP contribution is -2.23. The SMILES string of the molecule is CCCNCC(Cc1cccc(C)c1)c1ccc(C)cc1. The van der Waals surface area contributed by atoms with Gasteiger partial charge in [-0.2, -0.15) is 0 Å². The van der Waals surface area contributed by atoms with Gasteiger partial charge in [0, 0.05) is 12.5 Å². The van der Waals surface area contributed by atoms with Crippen molar-refractivity contribution in [1.82, 2.24) is 5.32 Å². The van der Waals surface area contributed by atoms with Crippen LogP contribution < -0.4 is 5.32 Å². The molecule has 1 heteroatoms. The molecule has 2 rings (SSSR count). The summed E-state index contributed by atoms with van der Waals surface area (Å²) >= 11 is 0. The molecule has 0 amide bonds. The first kappa shape index (κ1) is 15.8. The van der Waals surface area contributed by atoms with Crippen LogP contribution >= 0.6 is 0 Å². The Labute approximate surface area is 129 Å². The van der Waals surface area contributed by atoms with E-state index in [1.807, 2.05) is 0 Å². The zero-order valence-electron chi connectivity index (χ0n) is 13.5. The predicted octanol–water partition coefficient (Wildman–Crippen LogP) is 4.63. The first-order valence-electron chi connectivity index (χ1n) is 8.02. The van der Waals surface area contributed by atoms with E-state index in [0.717, 1.165) is 19.5 Å². The van der Waals surface area contributed by atoms with Gasteiger partial charge in [0.15, 0.2) is 0 Å². The molecule has 1 N–H and O–H groups in total. The van der Waals surface area contributed by atoms with Crippen molar-refractivity contribution in [2.24, 2.45) is 0 Å². The van der Waals surface area contributed by atoms with E-state index in [1.54, 1.807) is 0 Å². The Hall–Kier alpha value is -1.60. The molecule has 0 aromatic heterocycles. The van der Waals surface area contributed by atoms with Gasteiger partial charge in [-0.05, 0) is 44.4 Å². The van der Waals surface area contributed by atoms with E-state index in [2.05, 4.69) is 74.6 Å². The van der Waals surface area contributed by atoms with Gasteiger partial charge in [0.1, 0.15) is 0 Å². The van der Waals surface area contributed by atoms with E-state index < -0.39 is 0 Å². The van der Waals surface area contributed by atoms with Gasteiger partial charge < -0.3 is 5.32 Å². The third kappa shape index (κ3) is 5.02. The fourth-order valence-corrected chi connectivity index (χ4v) is 2.72. The predicted molar refractivity (Wildman–Crippen MR) is 92.0 cm³/mol. The quantitative estimate of drug-likeness (QED) is 0.730. The van der Waals surface area contributed by atoms with Crippen molar-refractivity contribution in [2.45, 2.75) is 39.5 Å². The summed E-state index contributed by atoms with van der Waals surface area (Å²) in [5.74, 6) is 0.541. The molecule has 1 atom stereocenters. The molecule has 0 aliphatic carbocycles. The molecule has 1 unspecified atom stereocenters. The van der Waals surface area contributed by atoms with Gasteiger partial charge in [-0.25, -0.2) is 0 Å². The summed E-state index contributed by atoms with van der Waals surface area (Å²) in [4.78, 5) is 0. The Balaban J connectivity index is 2.13. The maximum Gasteiger partial charge on any atom is 0.00233 e. The maximum absolute atomic E-state index is 3.58. The van der Waals surface area contributed by atoms with Crippen molar-refractivity contribution in [2.75, 3.05) is 13.1 Å². The lowest BCUT2D eigenvalue weighted by Gasteiger charge is -2.19. The van der Waals surface area contributed by atoms with Gasteiger partial charge in [-0.3, -0.25) is 0 Å². The monoisotopic (exact) mass is 281 g/mol. The van der Waals surface area contributed by atoms with Gasteiger partial charge in [-0.15, -0.1) is 0 Å². The zero-order chi connectivity index (χ0) is 15.1. The summed E-state index contributed by atoms with van der Waals surface area (Å²) in [5, 5.41) is 3.58. The number of aryl methyl sites for hydroxylation is 2. The Morgan fingerprint density at radius 2 is 1.71 bits per heavy atom. The minimum Gasteiger partial charge on any atom is -0.316 e. The molecule has 0 spiro atoms. The Morgan fingerprint density at radius 1 is 0.952 bits per heavy atom. The van der Waals surface area contributed by atoms with Crippen LogP contribution in [0.2, 0.25) is 0 Å². The number of rotatable bonds is 7. The molecule has 0 fully saturated rings. The molecule has 0 aliphatic rings. The molecule has 2 aromatic carbocycles. The van der Waals surface area contributed by atoms with Crippen LogP contribution in [-0.4, -0.2) is 13.1 Å². The third-order valence-electron chi connectivity index (χ3n) is 3.93. The molecule has 0 aliphatic heterocycles. The van der Waals surface area contributed by atoms with Gasteiger partial charge in [-0.1, -0.05) is 66.6 Å². The average Bonchev–Trinajstić information content (AvgIpc) is 2.47. The van der Waals surface area contributed by atoms with Crippen molar-refractivity contribution in [3.63, 3.8) is 0 Å². The lowest BCUT2D eigenvalue weighted by molar-refractivity contribution is 0.576. The molecule has 0 heterocycles. The number of nitrogens with one attached hydrogen (secondary N) is 1. The topological polar surface area (TPSA) is 12.0 Å². The van der Waals surface area contributed by atoms with Crippen molar-refractivity contribution < 1.29 is 0 Å². The third-order valence-corrected chi connectivity index (χ3v) is 3.93. The molecule has 0 saturated carbocycles. The first-order chi connectivity index (χ1) is 10.2. The van der Waals surface area contributed by atoms with Crippen molar-refractivity contribution in [3.05, 3.63) is 70.8 Å². The van der Waals surface area contributed by atoms with Crippen molar-refractivity contribution >= 4 is 0 Å². The summed E-state index contributed by atoms with van der Waals surface area (Å²) in [6, 6.07) is 17.9. The van der Waals surface area contributed by atoms with Crippen molar-refractivity contribution in [1.29, 1.82) is 0 Å². The Bertz CT molecular complexity index is 542. The van der Waals surface area contributed by atoms with Gasteiger partial charge in [0.2, 0.25) is 0 Å². The lowest BCUT2D eigenvalue weighted by atomic mass is 9.91. The minimum absolute atomic E-state index is 0.541. The highest BCUT2D eigenvalue weighted by Gasteiger charge is 2.12. The Morgan fingerprint density at radius 3 is 2.38 bits per heavy atom. The van der Waals surface area contributed by atoms with Crippen LogP contribution in [0.15, 0.2) is 48.5 Å². The summed E-state index contributed by atoms with van der Waals surface area (Å²) in [5.41, 5.74) is 5.54. The van der Waals surface area contributed by atoms with Crippen LogP contribution in [0.25, 0.3) is 0 Å². The molecular formula is C20H27N. The van der Waals surface area contributed by atoms with E-state index in [1.165, 1.54) is 28.7 Å².